The third-order valence-electron chi connectivity index (χ3n) is 4.18. The normalized spacial score (nSPS) is 10.9. The number of nitrogens with zero attached hydrogens (tertiary/aromatic N) is 2. The van der Waals surface area contributed by atoms with Crippen LogP contribution in [0.25, 0.3) is 10.6 Å². The van der Waals surface area contributed by atoms with Gasteiger partial charge < -0.3 is 9.32 Å². The van der Waals surface area contributed by atoms with Crippen LogP contribution in [0.5, 0.6) is 0 Å². The zero-order valence-electron chi connectivity index (χ0n) is 14.9. The fraction of sp³-hybridized carbons (Fsp3) is 0.143. The van der Waals surface area contributed by atoms with Crippen molar-refractivity contribution in [2.45, 2.75) is 19.5 Å². The van der Waals surface area contributed by atoms with Gasteiger partial charge in [0.15, 0.2) is 0 Å². The summed E-state index contributed by atoms with van der Waals surface area (Å²) in [6.45, 7) is 0.949. The van der Waals surface area contributed by atoms with Crippen LogP contribution in [0.1, 0.15) is 16.3 Å². The molecule has 0 fully saturated rings. The summed E-state index contributed by atoms with van der Waals surface area (Å²) in [4.78, 5) is 20.4. The van der Waals surface area contributed by atoms with Gasteiger partial charge in [0.25, 0.3) is 0 Å². The zero-order chi connectivity index (χ0) is 19.3. The predicted molar refractivity (Wildman–Crippen MR) is 108 cm³/mol. The van der Waals surface area contributed by atoms with Gasteiger partial charge in [-0.1, -0.05) is 6.07 Å². The first-order valence-corrected chi connectivity index (χ1v) is 10.5. The van der Waals surface area contributed by atoms with Crippen LogP contribution in [0, 0.1) is 5.82 Å². The van der Waals surface area contributed by atoms with Crippen LogP contribution in [0.15, 0.2) is 70.0 Å². The van der Waals surface area contributed by atoms with Gasteiger partial charge in [0, 0.05) is 15.8 Å². The van der Waals surface area contributed by atoms with Crippen LogP contribution < -0.4 is 0 Å². The van der Waals surface area contributed by atoms with Crippen LogP contribution in [-0.2, 0) is 24.3 Å². The fourth-order valence-corrected chi connectivity index (χ4v) is 4.34. The number of carbonyl (C=O) groups excluding carboxylic acids is 1. The van der Waals surface area contributed by atoms with Crippen LogP contribution >= 0.6 is 22.7 Å². The van der Waals surface area contributed by atoms with Gasteiger partial charge in [-0.2, -0.15) is 0 Å². The molecule has 0 aliphatic heterocycles. The molecule has 3 heterocycles. The maximum Gasteiger partial charge on any atom is 0.229 e. The molecule has 142 valence electrons. The second-order valence-corrected chi connectivity index (χ2v) is 8.13. The summed E-state index contributed by atoms with van der Waals surface area (Å²) in [6, 6.07) is 13.9. The van der Waals surface area contributed by atoms with Crippen molar-refractivity contribution in [1.29, 1.82) is 0 Å². The maximum absolute atomic E-state index is 13.1. The van der Waals surface area contributed by atoms with Crippen LogP contribution in [-0.4, -0.2) is 15.8 Å². The predicted octanol–water partition coefficient (Wildman–Crippen LogP) is 5.38. The van der Waals surface area contributed by atoms with Crippen molar-refractivity contribution < 1.29 is 13.6 Å². The quantitative estimate of drug-likeness (QED) is 0.410. The number of benzene rings is 1. The van der Waals surface area contributed by atoms with E-state index in [0.29, 0.717) is 18.8 Å². The van der Waals surface area contributed by atoms with Gasteiger partial charge in [-0.05, 0) is 47.8 Å². The molecule has 0 atom stereocenters. The summed E-state index contributed by atoms with van der Waals surface area (Å²) in [5.74, 6) is 0.453. The number of rotatable bonds is 7. The van der Waals surface area contributed by atoms with Gasteiger partial charge in [0.2, 0.25) is 5.91 Å². The van der Waals surface area contributed by atoms with Gasteiger partial charge in [0.05, 0.1) is 31.5 Å². The molecule has 0 aliphatic carbocycles. The lowest BCUT2D eigenvalue weighted by molar-refractivity contribution is -0.132. The summed E-state index contributed by atoms with van der Waals surface area (Å²) in [6.07, 6.45) is 1.82. The van der Waals surface area contributed by atoms with Crippen molar-refractivity contribution in [3.63, 3.8) is 0 Å². The molecule has 0 unspecified atom stereocenters. The number of thiophene rings is 1. The van der Waals surface area contributed by atoms with Crippen molar-refractivity contribution >= 4 is 28.6 Å². The van der Waals surface area contributed by atoms with Crippen molar-refractivity contribution in [3.8, 4) is 10.6 Å². The lowest BCUT2D eigenvalue weighted by Crippen LogP contribution is -2.31. The highest BCUT2D eigenvalue weighted by Crippen LogP contribution is 2.25. The third-order valence-corrected chi connectivity index (χ3v) is 5.98. The van der Waals surface area contributed by atoms with E-state index >= 15 is 0 Å². The number of hydrogen-bond acceptors (Lipinski definition) is 5. The Morgan fingerprint density at radius 2 is 1.93 bits per heavy atom. The monoisotopic (exact) mass is 412 g/mol. The number of thiazole rings is 1. The van der Waals surface area contributed by atoms with Gasteiger partial charge in [0.1, 0.15) is 16.6 Å². The van der Waals surface area contributed by atoms with Gasteiger partial charge in [-0.15, -0.1) is 22.7 Å². The number of carbonyl (C=O) groups is 1. The summed E-state index contributed by atoms with van der Waals surface area (Å²) in [7, 11) is 0. The highest BCUT2D eigenvalue weighted by atomic mass is 32.1. The molecular formula is C21H17FN2O2S2. The Bertz CT molecular complexity index is 989. The van der Waals surface area contributed by atoms with E-state index in [2.05, 4.69) is 4.98 Å². The minimum Gasteiger partial charge on any atom is -0.467 e. The first kappa shape index (κ1) is 18.6. The number of aromatic nitrogens is 1. The molecule has 0 radical (unpaired) electrons. The molecule has 0 bridgehead atoms. The number of amides is 1. The third kappa shape index (κ3) is 4.55. The summed E-state index contributed by atoms with van der Waals surface area (Å²) < 4.78 is 18.5. The Morgan fingerprint density at radius 3 is 2.64 bits per heavy atom. The molecule has 0 spiro atoms. The van der Waals surface area contributed by atoms with E-state index in [9.17, 15) is 9.18 Å². The molecule has 4 nitrogen and oxygen atoms in total. The van der Waals surface area contributed by atoms with Crippen LogP contribution in [0.4, 0.5) is 4.39 Å². The Morgan fingerprint density at radius 1 is 1.07 bits per heavy atom. The second kappa shape index (κ2) is 8.50. The topological polar surface area (TPSA) is 46.3 Å². The molecule has 0 aliphatic rings. The van der Waals surface area contributed by atoms with Gasteiger partial charge in [-0.25, -0.2) is 9.37 Å². The average molecular weight is 413 g/mol. The van der Waals surface area contributed by atoms with Crippen molar-refractivity contribution in [3.05, 3.63) is 87.7 Å². The highest BCUT2D eigenvalue weighted by molar-refractivity contribution is 7.13. The van der Waals surface area contributed by atoms with E-state index in [4.69, 9.17) is 4.42 Å². The molecule has 7 heteroatoms. The van der Waals surface area contributed by atoms with Gasteiger partial charge >= 0.3 is 0 Å². The van der Waals surface area contributed by atoms with Gasteiger partial charge in [-0.3, -0.25) is 4.79 Å². The summed E-state index contributed by atoms with van der Waals surface area (Å²) in [5.41, 5.74) is 1.56. The minimum absolute atomic E-state index is 0.0132. The smallest absolute Gasteiger partial charge is 0.229 e. The highest BCUT2D eigenvalue weighted by Gasteiger charge is 2.18. The van der Waals surface area contributed by atoms with E-state index < -0.39 is 0 Å². The lowest BCUT2D eigenvalue weighted by atomic mass is 10.2. The largest absolute Gasteiger partial charge is 0.467 e. The van der Waals surface area contributed by atoms with Crippen LogP contribution in [0.2, 0.25) is 0 Å². The van der Waals surface area contributed by atoms with E-state index in [1.165, 1.54) is 23.5 Å². The van der Waals surface area contributed by atoms with E-state index in [-0.39, 0.29) is 18.1 Å². The second-order valence-electron chi connectivity index (χ2n) is 6.24. The molecule has 0 saturated carbocycles. The molecular weight excluding hydrogens is 395 g/mol. The fourth-order valence-electron chi connectivity index (χ4n) is 2.79. The summed E-state index contributed by atoms with van der Waals surface area (Å²) in [5, 5.41) is 4.66. The van der Waals surface area contributed by atoms with Crippen LogP contribution in [0.3, 0.4) is 0 Å². The molecule has 1 aromatic carbocycles. The molecule has 4 rings (SSSR count). The number of furan rings is 1. The Hall–Kier alpha value is -2.77. The van der Waals surface area contributed by atoms with Crippen molar-refractivity contribution in [2.24, 2.45) is 0 Å². The molecule has 28 heavy (non-hydrogen) atoms. The maximum atomic E-state index is 13.1. The zero-order valence-corrected chi connectivity index (χ0v) is 16.5. The summed E-state index contributed by atoms with van der Waals surface area (Å²) >= 11 is 3.07. The minimum atomic E-state index is -0.280. The molecule has 3 aromatic heterocycles. The first-order valence-electron chi connectivity index (χ1n) is 8.70. The van der Waals surface area contributed by atoms with E-state index in [0.717, 1.165) is 21.2 Å². The molecule has 0 saturated heterocycles. The van der Waals surface area contributed by atoms with E-state index in [1.54, 1.807) is 34.6 Å². The first-order chi connectivity index (χ1) is 13.7. The Kier molecular flexibility index (Phi) is 5.64. The lowest BCUT2D eigenvalue weighted by Gasteiger charge is -2.20. The standard InChI is InChI=1S/C21H17FN2O2S2/c22-16-7-5-15(6-8-16)21-23-17(14-28-21)11-20(25)24(12-18-3-1-9-26-18)13-19-4-2-10-27-19/h1-10,14H,11-13H2. The van der Waals surface area contributed by atoms with Crippen molar-refractivity contribution in [2.75, 3.05) is 0 Å². The number of hydrogen-bond donors (Lipinski definition) is 0. The average Bonchev–Trinajstić information content (AvgIpc) is 3.45. The molecule has 4 aromatic rings. The Labute approximate surface area is 169 Å². The van der Waals surface area contributed by atoms with Crippen molar-refractivity contribution in [1.82, 2.24) is 9.88 Å². The number of halogens is 1. The SMILES string of the molecule is O=C(Cc1csc(-c2ccc(F)cc2)n1)N(Cc1ccco1)Cc1cccs1. The Balaban J connectivity index is 1.48. The van der Waals surface area contributed by atoms with E-state index in [1.807, 2.05) is 35.0 Å². The molecule has 0 N–H and O–H groups in total. The molecule has 1 amide bonds.